The fourth-order valence-electron chi connectivity index (χ4n) is 6.28. The van der Waals surface area contributed by atoms with E-state index in [-0.39, 0.29) is 23.3 Å². The third-order valence-electron chi connectivity index (χ3n) is 7.26. The highest BCUT2D eigenvalue weighted by molar-refractivity contribution is 5.96. The fraction of sp³-hybridized carbons (Fsp3) is 0.524. The molecule has 136 valence electrons. The Morgan fingerprint density at radius 3 is 2.92 bits per heavy atom. The van der Waals surface area contributed by atoms with Gasteiger partial charge in [0.2, 0.25) is 5.91 Å². The predicted molar refractivity (Wildman–Crippen MR) is 97.5 cm³/mol. The number of carbonyl (C=O) groups is 2. The van der Waals surface area contributed by atoms with Crippen LogP contribution in [0.5, 0.6) is 0 Å². The molecule has 0 saturated carbocycles. The van der Waals surface area contributed by atoms with Gasteiger partial charge in [-0.2, -0.15) is 0 Å². The lowest BCUT2D eigenvalue weighted by Crippen LogP contribution is -2.60. The summed E-state index contributed by atoms with van der Waals surface area (Å²) in [5.41, 5.74) is 3.34. The van der Waals surface area contributed by atoms with E-state index < -0.39 is 5.41 Å². The van der Waals surface area contributed by atoms with Crippen LogP contribution in [0.3, 0.4) is 0 Å². The number of rotatable bonds is 2. The second-order valence-corrected chi connectivity index (χ2v) is 8.15. The van der Waals surface area contributed by atoms with Gasteiger partial charge in [0, 0.05) is 24.4 Å². The number of carbonyl (C=O) groups excluding carboxylic acids is 2. The van der Waals surface area contributed by atoms with Crippen molar-refractivity contribution in [2.24, 2.45) is 5.41 Å². The highest BCUT2D eigenvalue weighted by Crippen LogP contribution is 2.65. The maximum absolute atomic E-state index is 13.1. The Morgan fingerprint density at radius 1 is 1.35 bits per heavy atom. The number of para-hydroxylation sites is 1. The number of methoxy groups -OCH3 is 1. The largest absolute Gasteiger partial charge is 0.466 e. The average molecular weight is 352 g/mol. The Balaban J connectivity index is 1.84. The Morgan fingerprint density at radius 2 is 2.15 bits per heavy atom. The molecule has 0 bridgehead atoms. The number of piperidine rings is 1. The van der Waals surface area contributed by atoms with Crippen LogP contribution in [0.25, 0.3) is 0 Å². The van der Waals surface area contributed by atoms with Crippen molar-refractivity contribution in [2.45, 2.75) is 50.5 Å². The van der Waals surface area contributed by atoms with Gasteiger partial charge in [0.05, 0.1) is 24.1 Å². The molecule has 4 aliphatic rings. The molecule has 1 aromatic carbocycles. The summed E-state index contributed by atoms with van der Waals surface area (Å²) in [6, 6.07) is 8.34. The fourth-order valence-corrected chi connectivity index (χ4v) is 6.28. The third-order valence-corrected chi connectivity index (χ3v) is 7.26. The lowest BCUT2D eigenvalue weighted by atomic mass is 9.53. The number of ether oxygens (including phenoxy) is 1. The van der Waals surface area contributed by atoms with E-state index in [1.165, 1.54) is 7.11 Å². The molecule has 1 N–H and O–H groups in total. The average Bonchev–Trinajstić information content (AvgIpc) is 3.17. The Labute approximate surface area is 153 Å². The summed E-state index contributed by atoms with van der Waals surface area (Å²) in [6.07, 6.45) is 4.14. The molecular formula is C21H24N2O3. The summed E-state index contributed by atoms with van der Waals surface area (Å²) in [5, 5.41) is 3.51. The van der Waals surface area contributed by atoms with Gasteiger partial charge < -0.3 is 15.0 Å². The van der Waals surface area contributed by atoms with Crippen LogP contribution in [0.2, 0.25) is 0 Å². The molecule has 1 amide bonds. The van der Waals surface area contributed by atoms with Crippen molar-refractivity contribution in [1.29, 1.82) is 0 Å². The van der Waals surface area contributed by atoms with Crippen molar-refractivity contribution in [3.05, 3.63) is 41.1 Å². The van der Waals surface area contributed by atoms with Crippen molar-refractivity contribution >= 4 is 17.6 Å². The van der Waals surface area contributed by atoms with E-state index in [1.807, 2.05) is 18.2 Å². The maximum atomic E-state index is 13.1. The van der Waals surface area contributed by atoms with Gasteiger partial charge in [-0.1, -0.05) is 25.1 Å². The quantitative estimate of drug-likeness (QED) is 0.832. The lowest BCUT2D eigenvalue weighted by Gasteiger charge is -2.55. The molecule has 0 radical (unpaired) electrons. The normalized spacial score (nSPS) is 34.2. The van der Waals surface area contributed by atoms with Crippen LogP contribution in [0.4, 0.5) is 5.69 Å². The molecule has 0 aromatic heterocycles. The number of nitrogens with zero attached hydrogens (tertiary/aromatic N) is 1. The van der Waals surface area contributed by atoms with Gasteiger partial charge in [-0.3, -0.25) is 4.79 Å². The number of hydrogen-bond donors (Lipinski definition) is 1. The highest BCUT2D eigenvalue weighted by atomic mass is 16.5. The summed E-state index contributed by atoms with van der Waals surface area (Å²) in [4.78, 5) is 27.9. The molecular weight excluding hydrogens is 328 g/mol. The molecule has 5 heteroatoms. The number of anilines is 1. The summed E-state index contributed by atoms with van der Waals surface area (Å²) in [6.45, 7) is 3.03. The van der Waals surface area contributed by atoms with E-state index in [1.54, 1.807) is 0 Å². The number of fused-ring (bicyclic) bond motifs is 1. The molecule has 3 atom stereocenters. The molecule has 3 heterocycles. The van der Waals surface area contributed by atoms with Crippen molar-refractivity contribution in [3.8, 4) is 0 Å². The topological polar surface area (TPSA) is 58.6 Å². The zero-order valence-electron chi connectivity index (χ0n) is 15.3. The van der Waals surface area contributed by atoms with Crippen molar-refractivity contribution in [1.82, 2.24) is 4.90 Å². The first-order chi connectivity index (χ1) is 12.6. The van der Waals surface area contributed by atoms with Crippen LogP contribution in [-0.2, 0) is 19.7 Å². The number of amides is 1. The van der Waals surface area contributed by atoms with E-state index in [0.29, 0.717) is 12.8 Å². The van der Waals surface area contributed by atoms with E-state index in [9.17, 15) is 9.59 Å². The number of nitrogens with one attached hydrogen (secondary N) is 1. The molecule has 0 unspecified atom stereocenters. The Bertz CT molecular complexity index is 861. The molecule has 1 aliphatic carbocycles. The van der Waals surface area contributed by atoms with Gasteiger partial charge in [0.1, 0.15) is 0 Å². The van der Waals surface area contributed by atoms with Crippen molar-refractivity contribution < 1.29 is 14.3 Å². The molecule has 2 fully saturated rings. The number of benzene rings is 1. The van der Waals surface area contributed by atoms with Gasteiger partial charge in [-0.05, 0) is 42.7 Å². The molecule has 1 spiro atoms. The summed E-state index contributed by atoms with van der Waals surface area (Å²) in [5.74, 6) is -0.0444. The number of esters is 1. The van der Waals surface area contributed by atoms with E-state index in [2.05, 4.69) is 23.2 Å². The summed E-state index contributed by atoms with van der Waals surface area (Å²) in [7, 11) is 1.45. The highest BCUT2D eigenvalue weighted by Gasteiger charge is 2.68. The van der Waals surface area contributed by atoms with Crippen LogP contribution in [0.1, 0.15) is 44.6 Å². The molecule has 5 nitrogen and oxygen atoms in total. The minimum Gasteiger partial charge on any atom is -0.466 e. The standard InChI is InChI=1S/C21H24N2O3/c1-3-20-9-6-10-23-16(24)12-21(19(20)23)14-7-4-5-8-15(14)22-17(21)13(11-20)18(25)26-2/h4-5,7-8,19,22H,3,6,9-12H2,1-2H3/t19-,20-,21+/m0/s1. The van der Waals surface area contributed by atoms with Crippen LogP contribution >= 0.6 is 0 Å². The van der Waals surface area contributed by atoms with Gasteiger partial charge in [0.15, 0.2) is 0 Å². The van der Waals surface area contributed by atoms with Crippen LogP contribution in [0.15, 0.2) is 35.5 Å². The lowest BCUT2D eigenvalue weighted by molar-refractivity contribution is -0.138. The smallest absolute Gasteiger partial charge is 0.335 e. The zero-order valence-corrected chi connectivity index (χ0v) is 15.3. The first-order valence-corrected chi connectivity index (χ1v) is 9.55. The van der Waals surface area contributed by atoms with Crippen LogP contribution in [0, 0.1) is 5.41 Å². The SMILES string of the molecule is CC[C@]12CCCN3C(=O)C[C@@]4(C(=C(C(=O)OC)C1)Nc1ccccc14)[C@@H]32. The maximum Gasteiger partial charge on any atom is 0.335 e. The molecule has 5 rings (SSSR count). The van der Waals surface area contributed by atoms with Crippen LogP contribution in [-0.4, -0.2) is 36.5 Å². The zero-order chi connectivity index (χ0) is 18.1. The summed E-state index contributed by atoms with van der Waals surface area (Å²) < 4.78 is 5.16. The molecule has 3 aliphatic heterocycles. The number of hydrogen-bond acceptors (Lipinski definition) is 4. The van der Waals surface area contributed by atoms with E-state index in [0.717, 1.165) is 48.3 Å². The van der Waals surface area contributed by atoms with Gasteiger partial charge in [-0.15, -0.1) is 0 Å². The van der Waals surface area contributed by atoms with Crippen molar-refractivity contribution in [2.75, 3.05) is 19.0 Å². The van der Waals surface area contributed by atoms with Gasteiger partial charge in [0.25, 0.3) is 0 Å². The first-order valence-electron chi connectivity index (χ1n) is 9.55. The minimum atomic E-state index is -0.439. The third kappa shape index (κ3) is 1.67. The second kappa shape index (κ2) is 5.12. The van der Waals surface area contributed by atoms with E-state index in [4.69, 9.17) is 4.74 Å². The molecule has 2 saturated heterocycles. The Hall–Kier alpha value is -2.30. The second-order valence-electron chi connectivity index (χ2n) is 8.15. The Kier molecular flexibility index (Phi) is 3.13. The summed E-state index contributed by atoms with van der Waals surface area (Å²) >= 11 is 0. The van der Waals surface area contributed by atoms with Crippen LogP contribution < -0.4 is 5.32 Å². The van der Waals surface area contributed by atoms with Gasteiger partial charge >= 0.3 is 5.97 Å². The first kappa shape index (κ1) is 15.9. The van der Waals surface area contributed by atoms with Gasteiger partial charge in [-0.25, -0.2) is 4.79 Å². The minimum absolute atomic E-state index is 0.0590. The van der Waals surface area contributed by atoms with E-state index >= 15 is 0 Å². The molecule has 26 heavy (non-hydrogen) atoms. The predicted octanol–water partition coefficient (Wildman–Crippen LogP) is 2.97. The van der Waals surface area contributed by atoms with Crippen molar-refractivity contribution in [3.63, 3.8) is 0 Å². The molecule has 1 aromatic rings. The monoisotopic (exact) mass is 352 g/mol.